The predicted molar refractivity (Wildman–Crippen MR) is 73.7 cm³/mol. The number of phenolic OH excluding ortho intramolecular Hbond substituents is 1. The molecule has 0 saturated heterocycles. The third kappa shape index (κ3) is 1.93. The first-order valence-corrected chi connectivity index (χ1v) is 7.23. The summed E-state index contributed by atoms with van der Waals surface area (Å²) < 4.78 is 0. The Morgan fingerprint density at radius 1 is 1.17 bits per heavy atom. The number of fused-ring (bicyclic) bond motifs is 1. The van der Waals surface area contributed by atoms with Crippen LogP contribution < -0.4 is 5.32 Å². The van der Waals surface area contributed by atoms with Crippen molar-refractivity contribution in [3.05, 3.63) is 29.3 Å². The molecule has 1 aromatic rings. The summed E-state index contributed by atoms with van der Waals surface area (Å²) in [6, 6.07) is 7.04. The van der Waals surface area contributed by atoms with Crippen molar-refractivity contribution in [3.8, 4) is 5.75 Å². The third-order valence-corrected chi connectivity index (χ3v) is 5.13. The molecule has 0 bridgehead atoms. The van der Waals surface area contributed by atoms with Gasteiger partial charge in [-0.15, -0.1) is 0 Å². The Kier molecular flexibility index (Phi) is 3.06. The van der Waals surface area contributed by atoms with Gasteiger partial charge in [-0.25, -0.2) is 0 Å². The van der Waals surface area contributed by atoms with Gasteiger partial charge < -0.3 is 10.4 Å². The summed E-state index contributed by atoms with van der Waals surface area (Å²) >= 11 is 0. The summed E-state index contributed by atoms with van der Waals surface area (Å²) in [6.45, 7) is 4.73. The van der Waals surface area contributed by atoms with Crippen LogP contribution in [-0.2, 0) is 6.42 Å². The molecule has 0 aliphatic heterocycles. The van der Waals surface area contributed by atoms with Crippen molar-refractivity contribution < 1.29 is 5.11 Å². The van der Waals surface area contributed by atoms with E-state index in [4.69, 9.17) is 0 Å². The van der Waals surface area contributed by atoms with E-state index in [-0.39, 0.29) is 0 Å². The molecule has 0 radical (unpaired) electrons. The Labute approximate surface area is 109 Å². The molecule has 98 valence electrons. The Morgan fingerprint density at radius 3 is 2.72 bits per heavy atom. The van der Waals surface area contributed by atoms with E-state index < -0.39 is 0 Å². The second-order valence-corrected chi connectivity index (χ2v) is 6.12. The Hall–Kier alpha value is -1.02. The van der Waals surface area contributed by atoms with Gasteiger partial charge in [0.05, 0.1) is 0 Å². The van der Waals surface area contributed by atoms with Gasteiger partial charge in [-0.05, 0) is 54.7 Å². The van der Waals surface area contributed by atoms with E-state index in [0.717, 1.165) is 30.2 Å². The fraction of sp³-hybridized carbons (Fsp3) is 0.625. The number of aromatic hydroxyl groups is 1. The molecule has 2 nitrogen and oxygen atoms in total. The van der Waals surface area contributed by atoms with E-state index >= 15 is 0 Å². The van der Waals surface area contributed by atoms with Crippen molar-refractivity contribution in [2.24, 2.45) is 11.8 Å². The highest BCUT2D eigenvalue weighted by atomic mass is 16.3. The number of nitrogens with one attached hydrogen (secondary N) is 1. The van der Waals surface area contributed by atoms with Gasteiger partial charge in [0.25, 0.3) is 0 Å². The lowest BCUT2D eigenvalue weighted by Crippen LogP contribution is -2.34. The summed E-state index contributed by atoms with van der Waals surface area (Å²) in [5.74, 6) is 2.09. The second kappa shape index (κ2) is 4.58. The molecule has 2 aliphatic carbocycles. The maximum atomic E-state index is 9.88. The van der Waals surface area contributed by atoms with Crippen molar-refractivity contribution in [1.29, 1.82) is 0 Å². The molecule has 1 fully saturated rings. The molecule has 18 heavy (non-hydrogen) atoms. The maximum absolute atomic E-state index is 9.88. The minimum absolute atomic E-state index is 0.449. The van der Waals surface area contributed by atoms with Crippen LogP contribution in [0.3, 0.4) is 0 Å². The molecule has 2 N–H and O–H groups in total. The van der Waals surface area contributed by atoms with Crippen LogP contribution in [0.5, 0.6) is 5.75 Å². The van der Waals surface area contributed by atoms with Gasteiger partial charge in [0.2, 0.25) is 0 Å². The SMILES string of the molecule is CC1CCC(NC2CCc3c(O)cccc32)C1C. The first-order valence-electron chi connectivity index (χ1n) is 7.23. The predicted octanol–water partition coefficient (Wildman–Crippen LogP) is 3.40. The number of rotatable bonds is 2. The van der Waals surface area contributed by atoms with E-state index in [1.54, 1.807) is 0 Å². The summed E-state index contributed by atoms with van der Waals surface area (Å²) in [5.41, 5.74) is 2.48. The summed E-state index contributed by atoms with van der Waals surface area (Å²) in [4.78, 5) is 0. The molecular formula is C16H23NO. The lowest BCUT2D eigenvalue weighted by atomic mass is 9.96. The van der Waals surface area contributed by atoms with E-state index in [1.807, 2.05) is 12.1 Å². The highest BCUT2D eigenvalue weighted by Gasteiger charge is 2.33. The third-order valence-electron chi connectivity index (χ3n) is 5.13. The van der Waals surface area contributed by atoms with E-state index in [1.165, 1.54) is 18.4 Å². The van der Waals surface area contributed by atoms with Crippen molar-refractivity contribution >= 4 is 0 Å². The molecule has 0 spiro atoms. The van der Waals surface area contributed by atoms with Crippen LogP contribution in [-0.4, -0.2) is 11.1 Å². The highest BCUT2D eigenvalue weighted by molar-refractivity contribution is 5.44. The van der Waals surface area contributed by atoms with Gasteiger partial charge in [-0.3, -0.25) is 0 Å². The van der Waals surface area contributed by atoms with Gasteiger partial charge in [-0.2, -0.15) is 0 Å². The zero-order valence-corrected chi connectivity index (χ0v) is 11.3. The molecule has 0 amide bonds. The van der Waals surface area contributed by atoms with Gasteiger partial charge in [0.1, 0.15) is 5.75 Å². The van der Waals surface area contributed by atoms with Gasteiger partial charge in [0, 0.05) is 12.1 Å². The zero-order chi connectivity index (χ0) is 12.7. The number of hydrogen-bond donors (Lipinski definition) is 2. The number of benzene rings is 1. The first kappa shape index (κ1) is 12.0. The average molecular weight is 245 g/mol. The van der Waals surface area contributed by atoms with Gasteiger partial charge >= 0.3 is 0 Å². The Morgan fingerprint density at radius 2 is 2.00 bits per heavy atom. The van der Waals surface area contributed by atoms with E-state index in [0.29, 0.717) is 17.8 Å². The zero-order valence-electron chi connectivity index (χ0n) is 11.3. The molecule has 4 atom stereocenters. The van der Waals surface area contributed by atoms with Crippen LogP contribution >= 0.6 is 0 Å². The second-order valence-electron chi connectivity index (χ2n) is 6.12. The first-order chi connectivity index (χ1) is 8.66. The van der Waals surface area contributed by atoms with Crippen LogP contribution in [0, 0.1) is 11.8 Å². The van der Waals surface area contributed by atoms with Crippen molar-refractivity contribution in [2.75, 3.05) is 0 Å². The molecule has 3 rings (SSSR count). The number of hydrogen-bond acceptors (Lipinski definition) is 2. The standard InChI is InChI=1S/C16H23NO/c1-10-6-8-14(11(10)2)17-15-9-7-13-12(15)4-3-5-16(13)18/h3-5,10-11,14-15,17-18H,6-9H2,1-2H3. The minimum atomic E-state index is 0.449. The molecule has 0 aromatic heterocycles. The van der Waals surface area contributed by atoms with Crippen molar-refractivity contribution in [1.82, 2.24) is 5.32 Å². The summed E-state index contributed by atoms with van der Waals surface area (Å²) in [5, 5.41) is 13.7. The van der Waals surface area contributed by atoms with E-state index in [2.05, 4.69) is 25.2 Å². The molecule has 2 aliphatic rings. The topological polar surface area (TPSA) is 32.3 Å². The Balaban J connectivity index is 1.75. The van der Waals surface area contributed by atoms with Crippen LogP contribution in [0.15, 0.2) is 18.2 Å². The van der Waals surface area contributed by atoms with Crippen LogP contribution in [0.2, 0.25) is 0 Å². The maximum Gasteiger partial charge on any atom is 0.119 e. The smallest absolute Gasteiger partial charge is 0.119 e. The van der Waals surface area contributed by atoms with Crippen molar-refractivity contribution in [3.63, 3.8) is 0 Å². The fourth-order valence-electron chi connectivity index (χ4n) is 3.67. The fourth-order valence-corrected chi connectivity index (χ4v) is 3.67. The molecule has 1 saturated carbocycles. The normalized spacial score (nSPS) is 34.8. The number of phenols is 1. The monoisotopic (exact) mass is 245 g/mol. The molecule has 4 unspecified atom stereocenters. The highest BCUT2D eigenvalue weighted by Crippen LogP contribution is 2.39. The lowest BCUT2D eigenvalue weighted by Gasteiger charge is -2.24. The van der Waals surface area contributed by atoms with Crippen LogP contribution in [0.25, 0.3) is 0 Å². The molecule has 2 heteroatoms. The average Bonchev–Trinajstić information content (AvgIpc) is 2.90. The van der Waals surface area contributed by atoms with E-state index in [9.17, 15) is 5.11 Å². The van der Waals surface area contributed by atoms with Gasteiger partial charge in [0.15, 0.2) is 0 Å². The lowest BCUT2D eigenvalue weighted by molar-refractivity contribution is 0.338. The summed E-state index contributed by atoms with van der Waals surface area (Å²) in [7, 11) is 0. The van der Waals surface area contributed by atoms with Crippen molar-refractivity contribution in [2.45, 2.75) is 51.6 Å². The Bertz CT molecular complexity index is 443. The largest absolute Gasteiger partial charge is 0.508 e. The van der Waals surface area contributed by atoms with Gasteiger partial charge in [-0.1, -0.05) is 26.0 Å². The summed E-state index contributed by atoms with van der Waals surface area (Å²) in [6.07, 6.45) is 4.78. The molecule has 1 aromatic carbocycles. The quantitative estimate of drug-likeness (QED) is 0.837. The van der Waals surface area contributed by atoms with Crippen LogP contribution in [0.1, 0.15) is 50.3 Å². The molecule has 0 heterocycles. The van der Waals surface area contributed by atoms with Crippen LogP contribution in [0.4, 0.5) is 0 Å². The molecular weight excluding hydrogens is 222 g/mol. The minimum Gasteiger partial charge on any atom is -0.508 e.